The molecule has 0 heterocycles. The van der Waals surface area contributed by atoms with Gasteiger partial charge < -0.3 is 0 Å². The maximum atomic E-state index is 2.22. The Balaban J connectivity index is 0. The third kappa shape index (κ3) is 8.82. The second-order valence-corrected chi connectivity index (χ2v) is 1.80. The molecule has 0 saturated heterocycles. The summed E-state index contributed by atoms with van der Waals surface area (Å²) in [5.74, 6) is 0.884. The van der Waals surface area contributed by atoms with Crippen LogP contribution in [0.1, 0.15) is 27.2 Å². The zero-order valence-electron chi connectivity index (χ0n) is 4.60. The quantitative estimate of drug-likeness (QED) is 0.682. The zero-order chi connectivity index (χ0) is 4.28. The minimum absolute atomic E-state index is 0. The molecular formula is C5H12Pt. The molecule has 0 N–H and O–H groups in total. The molecule has 6 heavy (non-hydrogen) atoms. The molecule has 0 unspecified atom stereocenters. The first-order chi connectivity index (χ1) is 2.27. The summed E-state index contributed by atoms with van der Waals surface area (Å²) < 4.78 is 0. The van der Waals surface area contributed by atoms with Gasteiger partial charge in [0.05, 0.1) is 0 Å². The molecular weight excluding hydrogens is 255 g/mol. The van der Waals surface area contributed by atoms with Gasteiger partial charge in [-0.2, -0.15) is 0 Å². The minimum Gasteiger partial charge on any atom is -0.0651 e. The fourth-order valence-corrected chi connectivity index (χ4v) is 0. The fraction of sp³-hybridized carbons (Fsp3) is 1.00. The van der Waals surface area contributed by atoms with Crippen LogP contribution in [0.4, 0.5) is 0 Å². The van der Waals surface area contributed by atoms with E-state index in [1.165, 1.54) is 6.42 Å². The van der Waals surface area contributed by atoms with E-state index in [9.17, 15) is 0 Å². The summed E-state index contributed by atoms with van der Waals surface area (Å²) in [5, 5.41) is 0. The first-order valence-electron chi connectivity index (χ1n) is 2.27. The molecule has 0 aromatic carbocycles. The Hall–Kier alpha value is 0.688. The van der Waals surface area contributed by atoms with Gasteiger partial charge in [-0.05, 0) is 5.92 Å². The average Bonchev–Trinajstić information content (AvgIpc) is 1.38. The summed E-state index contributed by atoms with van der Waals surface area (Å²) in [5.41, 5.74) is 0. The van der Waals surface area contributed by atoms with Crippen LogP contribution in [-0.4, -0.2) is 0 Å². The fourth-order valence-electron chi connectivity index (χ4n) is 0. The van der Waals surface area contributed by atoms with Crippen LogP contribution in [-0.2, 0) is 21.1 Å². The van der Waals surface area contributed by atoms with Gasteiger partial charge >= 0.3 is 0 Å². The van der Waals surface area contributed by atoms with Crippen molar-refractivity contribution in [3.05, 3.63) is 0 Å². The maximum absolute atomic E-state index is 2.22. The molecule has 1 heteroatoms. The first-order valence-corrected chi connectivity index (χ1v) is 2.27. The molecule has 0 aromatic heterocycles. The van der Waals surface area contributed by atoms with Crippen molar-refractivity contribution in [1.82, 2.24) is 0 Å². The van der Waals surface area contributed by atoms with Gasteiger partial charge in [-0.3, -0.25) is 0 Å². The maximum Gasteiger partial charge on any atom is 0 e. The molecule has 0 amide bonds. The SMILES string of the molecule is CCC(C)C.[Pt]. The number of rotatable bonds is 1. The van der Waals surface area contributed by atoms with Crippen LogP contribution < -0.4 is 0 Å². The molecule has 0 nitrogen and oxygen atoms in total. The molecule has 0 fully saturated rings. The van der Waals surface area contributed by atoms with E-state index in [4.69, 9.17) is 0 Å². The molecule has 0 bridgehead atoms. The van der Waals surface area contributed by atoms with Crippen molar-refractivity contribution in [2.24, 2.45) is 5.92 Å². The van der Waals surface area contributed by atoms with E-state index in [2.05, 4.69) is 20.8 Å². The smallest absolute Gasteiger partial charge is 0 e. The minimum atomic E-state index is 0. The molecule has 0 atom stereocenters. The van der Waals surface area contributed by atoms with E-state index in [0.29, 0.717) is 0 Å². The van der Waals surface area contributed by atoms with E-state index in [-0.39, 0.29) is 21.1 Å². The normalized spacial score (nSPS) is 8.00. The van der Waals surface area contributed by atoms with Crippen LogP contribution in [0.3, 0.4) is 0 Å². The van der Waals surface area contributed by atoms with Crippen molar-refractivity contribution < 1.29 is 21.1 Å². The molecule has 0 rings (SSSR count). The monoisotopic (exact) mass is 267 g/mol. The van der Waals surface area contributed by atoms with Crippen molar-refractivity contribution in [3.63, 3.8) is 0 Å². The van der Waals surface area contributed by atoms with Crippen molar-refractivity contribution in [1.29, 1.82) is 0 Å². The summed E-state index contributed by atoms with van der Waals surface area (Å²) in [6.45, 7) is 6.64. The summed E-state index contributed by atoms with van der Waals surface area (Å²) >= 11 is 0. The van der Waals surface area contributed by atoms with Gasteiger partial charge in [0.25, 0.3) is 0 Å². The van der Waals surface area contributed by atoms with Gasteiger partial charge in [0.2, 0.25) is 0 Å². The topological polar surface area (TPSA) is 0 Å². The van der Waals surface area contributed by atoms with E-state index < -0.39 is 0 Å². The molecule has 0 spiro atoms. The van der Waals surface area contributed by atoms with Crippen LogP contribution in [0.25, 0.3) is 0 Å². The molecule has 0 aliphatic rings. The Bertz CT molecular complexity index is 17.9. The van der Waals surface area contributed by atoms with E-state index in [0.717, 1.165) is 5.92 Å². The Morgan fingerprint density at radius 2 is 1.50 bits per heavy atom. The Morgan fingerprint density at radius 1 is 1.33 bits per heavy atom. The molecule has 42 valence electrons. The Kier molecular flexibility index (Phi) is 9.33. The summed E-state index contributed by atoms with van der Waals surface area (Å²) in [4.78, 5) is 0. The predicted octanol–water partition coefficient (Wildman–Crippen LogP) is 2.05. The van der Waals surface area contributed by atoms with Crippen molar-refractivity contribution >= 4 is 0 Å². The molecule has 0 aliphatic carbocycles. The molecule has 0 aromatic rings. The largest absolute Gasteiger partial charge is 0.0651 e. The van der Waals surface area contributed by atoms with E-state index >= 15 is 0 Å². The van der Waals surface area contributed by atoms with E-state index in [1.54, 1.807) is 0 Å². The second kappa shape index (κ2) is 5.69. The number of hydrogen-bond acceptors (Lipinski definition) is 0. The van der Waals surface area contributed by atoms with E-state index in [1.807, 2.05) is 0 Å². The van der Waals surface area contributed by atoms with Gasteiger partial charge in [-0.25, -0.2) is 0 Å². The van der Waals surface area contributed by atoms with Gasteiger partial charge in [0.15, 0.2) is 0 Å². The third-order valence-electron chi connectivity index (χ3n) is 0.816. The Labute approximate surface area is 54.6 Å². The van der Waals surface area contributed by atoms with Crippen molar-refractivity contribution in [2.75, 3.05) is 0 Å². The third-order valence-corrected chi connectivity index (χ3v) is 0.816. The van der Waals surface area contributed by atoms with Crippen LogP contribution in [0.5, 0.6) is 0 Å². The van der Waals surface area contributed by atoms with Crippen LogP contribution in [0.2, 0.25) is 0 Å². The standard InChI is InChI=1S/C5H12.Pt/c1-4-5(2)3;/h5H,4H2,1-3H3;. The van der Waals surface area contributed by atoms with Gasteiger partial charge in [0, 0.05) is 21.1 Å². The van der Waals surface area contributed by atoms with Crippen LogP contribution in [0, 0.1) is 5.92 Å². The summed E-state index contributed by atoms with van der Waals surface area (Å²) in [6, 6.07) is 0. The summed E-state index contributed by atoms with van der Waals surface area (Å²) in [6.07, 6.45) is 1.31. The second-order valence-electron chi connectivity index (χ2n) is 1.80. The average molecular weight is 267 g/mol. The summed E-state index contributed by atoms with van der Waals surface area (Å²) in [7, 11) is 0. The first kappa shape index (κ1) is 9.85. The molecule has 0 radical (unpaired) electrons. The van der Waals surface area contributed by atoms with Crippen LogP contribution >= 0.6 is 0 Å². The van der Waals surface area contributed by atoms with Gasteiger partial charge in [0.1, 0.15) is 0 Å². The predicted molar refractivity (Wildman–Crippen MR) is 25.1 cm³/mol. The molecule has 0 aliphatic heterocycles. The van der Waals surface area contributed by atoms with Crippen LogP contribution in [0.15, 0.2) is 0 Å². The van der Waals surface area contributed by atoms with Crippen molar-refractivity contribution in [3.8, 4) is 0 Å². The van der Waals surface area contributed by atoms with Gasteiger partial charge in [-0.1, -0.05) is 27.2 Å². The Morgan fingerprint density at radius 3 is 1.50 bits per heavy atom. The van der Waals surface area contributed by atoms with Gasteiger partial charge in [-0.15, -0.1) is 0 Å². The van der Waals surface area contributed by atoms with Crippen molar-refractivity contribution in [2.45, 2.75) is 27.2 Å². The zero-order valence-corrected chi connectivity index (χ0v) is 6.87. The molecule has 0 saturated carbocycles. The number of hydrogen-bond donors (Lipinski definition) is 0.